The molecule has 0 aliphatic carbocycles. The highest BCUT2D eigenvalue weighted by molar-refractivity contribution is 14.1. The van der Waals surface area contributed by atoms with Gasteiger partial charge in [-0.2, -0.15) is 0 Å². The van der Waals surface area contributed by atoms with Gasteiger partial charge in [-0.3, -0.25) is 4.98 Å². The maximum absolute atomic E-state index is 4.29. The lowest BCUT2D eigenvalue weighted by molar-refractivity contribution is 0.458. The number of aryl methyl sites for hydroxylation is 1. The number of allylic oxidation sites excluding steroid dienone is 1. The summed E-state index contributed by atoms with van der Waals surface area (Å²) in [6, 6.07) is 4.21. The lowest BCUT2D eigenvalue weighted by atomic mass is 10.1. The highest BCUT2D eigenvalue weighted by atomic mass is 127. The largest absolute Gasteiger partial charge is 0.375 e. The summed E-state index contributed by atoms with van der Waals surface area (Å²) in [6.07, 6.45) is 8.37. The third kappa shape index (κ3) is 7.05. The van der Waals surface area contributed by atoms with Gasteiger partial charge in [0.05, 0.1) is 0 Å². The van der Waals surface area contributed by atoms with E-state index in [2.05, 4.69) is 82.6 Å². The van der Waals surface area contributed by atoms with Crippen molar-refractivity contribution in [2.75, 3.05) is 26.7 Å². The Morgan fingerprint density at radius 3 is 2.95 bits per heavy atom. The molecule has 0 fully saturated rings. The van der Waals surface area contributed by atoms with Crippen molar-refractivity contribution in [1.29, 1.82) is 0 Å². The Labute approximate surface area is 136 Å². The molecule has 0 aliphatic rings. The Kier molecular flexibility index (Phi) is 8.53. The standard InChI is InChI=1S/C16H24IN3/c1-4-20(3)14(2)7-5-11-18-12-6-8-15-9-10-16(17)19-13-15/h5,7,9-10,13,18H,2,4,6,8,11-12H2,1,3H3/b7-5+. The maximum atomic E-state index is 4.29. The number of nitrogens with zero attached hydrogens (tertiary/aromatic N) is 2. The van der Waals surface area contributed by atoms with Gasteiger partial charge in [-0.25, -0.2) is 0 Å². The molecule has 0 saturated carbocycles. The summed E-state index contributed by atoms with van der Waals surface area (Å²) in [4.78, 5) is 6.42. The van der Waals surface area contributed by atoms with E-state index < -0.39 is 0 Å². The molecule has 20 heavy (non-hydrogen) atoms. The molecular weight excluding hydrogens is 361 g/mol. The number of rotatable bonds is 9. The minimum atomic E-state index is 0.890. The second kappa shape index (κ2) is 9.94. The average Bonchev–Trinajstić information content (AvgIpc) is 2.47. The number of aromatic nitrogens is 1. The molecule has 110 valence electrons. The molecular formula is C16H24IN3. The third-order valence-electron chi connectivity index (χ3n) is 3.14. The normalized spacial score (nSPS) is 10.9. The predicted octanol–water partition coefficient (Wildman–Crippen LogP) is 3.23. The molecule has 1 aromatic rings. The van der Waals surface area contributed by atoms with Crippen LogP contribution in [0.3, 0.4) is 0 Å². The Hall–Kier alpha value is -0.880. The summed E-state index contributed by atoms with van der Waals surface area (Å²) in [7, 11) is 2.05. The predicted molar refractivity (Wildman–Crippen MR) is 94.7 cm³/mol. The molecule has 0 aromatic carbocycles. The van der Waals surface area contributed by atoms with Crippen LogP contribution in [0.1, 0.15) is 18.9 Å². The van der Waals surface area contributed by atoms with Gasteiger partial charge in [0.2, 0.25) is 0 Å². The van der Waals surface area contributed by atoms with E-state index in [4.69, 9.17) is 0 Å². The number of halogens is 1. The van der Waals surface area contributed by atoms with Gasteiger partial charge in [0, 0.05) is 32.0 Å². The Balaban J connectivity index is 2.09. The first-order valence-electron chi connectivity index (χ1n) is 7.01. The highest BCUT2D eigenvalue weighted by Gasteiger charge is 1.95. The minimum absolute atomic E-state index is 0.890. The van der Waals surface area contributed by atoms with E-state index in [1.165, 1.54) is 5.56 Å². The van der Waals surface area contributed by atoms with Gasteiger partial charge in [0.15, 0.2) is 0 Å². The first-order chi connectivity index (χ1) is 9.63. The molecule has 0 amide bonds. The quantitative estimate of drug-likeness (QED) is 0.306. The fraction of sp³-hybridized carbons (Fsp3) is 0.438. The topological polar surface area (TPSA) is 28.2 Å². The molecule has 0 aliphatic heterocycles. The van der Waals surface area contributed by atoms with Gasteiger partial charge in [0.25, 0.3) is 0 Å². The zero-order valence-electron chi connectivity index (χ0n) is 12.4. The van der Waals surface area contributed by atoms with Crippen LogP contribution in [-0.4, -0.2) is 36.6 Å². The molecule has 0 radical (unpaired) electrons. The van der Waals surface area contributed by atoms with Crippen molar-refractivity contribution < 1.29 is 0 Å². The fourth-order valence-electron chi connectivity index (χ4n) is 1.68. The zero-order valence-corrected chi connectivity index (χ0v) is 14.6. The molecule has 0 spiro atoms. The first kappa shape index (κ1) is 17.2. The van der Waals surface area contributed by atoms with Crippen LogP contribution in [0.25, 0.3) is 0 Å². The van der Waals surface area contributed by atoms with Crippen LogP contribution < -0.4 is 5.32 Å². The molecule has 1 rings (SSSR count). The van der Waals surface area contributed by atoms with Gasteiger partial charge in [-0.1, -0.05) is 18.7 Å². The molecule has 1 aromatic heterocycles. The van der Waals surface area contributed by atoms with E-state index in [1.807, 2.05) is 6.20 Å². The number of nitrogens with one attached hydrogen (secondary N) is 1. The molecule has 0 bridgehead atoms. The number of hydrogen-bond acceptors (Lipinski definition) is 3. The highest BCUT2D eigenvalue weighted by Crippen LogP contribution is 2.04. The summed E-state index contributed by atoms with van der Waals surface area (Å²) in [6.45, 7) is 9.03. The molecule has 0 unspecified atom stereocenters. The zero-order chi connectivity index (χ0) is 14.8. The van der Waals surface area contributed by atoms with Crippen LogP contribution in [0.5, 0.6) is 0 Å². The molecule has 1 heterocycles. The molecule has 4 heteroatoms. The van der Waals surface area contributed by atoms with E-state index >= 15 is 0 Å². The second-order valence-corrected chi connectivity index (χ2v) is 5.81. The Morgan fingerprint density at radius 1 is 1.50 bits per heavy atom. The maximum Gasteiger partial charge on any atom is 0.101 e. The molecule has 0 saturated heterocycles. The van der Waals surface area contributed by atoms with Crippen molar-refractivity contribution in [3.63, 3.8) is 0 Å². The van der Waals surface area contributed by atoms with E-state index in [-0.39, 0.29) is 0 Å². The van der Waals surface area contributed by atoms with Crippen LogP contribution in [0.15, 0.2) is 42.8 Å². The van der Waals surface area contributed by atoms with Crippen molar-refractivity contribution in [2.45, 2.75) is 19.8 Å². The van der Waals surface area contributed by atoms with E-state index in [1.54, 1.807) is 0 Å². The monoisotopic (exact) mass is 385 g/mol. The molecule has 3 nitrogen and oxygen atoms in total. The van der Waals surface area contributed by atoms with Crippen LogP contribution in [-0.2, 0) is 6.42 Å². The summed E-state index contributed by atoms with van der Waals surface area (Å²) < 4.78 is 1.05. The summed E-state index contributed by atoms with van der Waals surface area (Å²) in [5.74, 6) is 0. The van der Waals surface area contributed by atoms with Gasteiger partial charge in [0.1, 0.15) is 3.70 Å². The average molecular weight is 385 g/mol. The first-order valence-corrected chi connectivity index (χ1v) is 8.09. The van der Waals surface area contributed by atoms with Gasteiger partial charge >= 0.3 is 0 Å². The number of likely N-dealkylation sites (N-methyl/N-ethyl adjacent to an activating group) is 1. The summed E-state index contributed by atoms with van der Waals surface area (Å²) in [5, 5.41) is 3.41. The third-order valence-corrected chi connectivity index (χ3v) is 3.78. The Morgan fingerprint density at radius 2 is 2.30 bits per heavy atom. The van der Waals surface area contributed by atoms with Gasteiger partial charge in [-0.15, -0.1) is 0 Å². The van der Waals surface area contributed by atoms with Gasteiger partial charge in [-0.05, 0) is 66.6 Å². The molecule has 1 N–H and O–H groups in total. The summed E-state index contributed by atoms with van der Waals surface area (Å²) >= 11 is 2.23. The fourth-order valence-corrected chi connectivity index (χ4v) is 2.00. The van der Waals surface area contributed by atoms with Crippen LogP contribution in [0.4, 0.5) is 0 Å². The molecule has 0 atom stereocenters. The lowest BCUT2D eigenvalue weighted by Gasteiger charge is -2.16. The van der Waals surface area contributed by atoms with Crippen LogP contribution in [0, 0.1) is 3.70 Å². The van der Waals surface area contributed by atoms with Crippen molar-refractivity contribution in [1.82, 2.24) is 15.2 Å². The summed E-state index contributed by atoms with van der Waals surface area (Å²) in [5.41, 5.74) is 2.36. The smallest absolute Gasteiger partial charge is 0.101 e. The van der Waals surface area contributed by atoms with Crippen molar-refractivity contribution >= 4 is 22.6 Å². The Bertz CT molecular complexity index is 426. The SMILES string of the molecule is C=C(/C=C/CNCCCc1ccc(I)nc1)N(C)CC. The van der Waals surface area contributed by atoms with E-state index in [0.29, 0.717) is 0 Å². The van der Waals surface area contributed by atoms with Crippen LogP contribution >= 0.6 is 22.6 Å². The van der Waals surface area contributed by atoms with Crippen molar-refractivity contribution in [3.8, 4) is 0 Å². The number of pyridine rings is 1. The van der Waals surface area contributed by atoms with Crippen molar-refractivity contribution in [2.24, 2.45) is 0 Å². The second-order valence-electron chi connectivity index (χ2n) is 4.70. The van der Waals surface area contributed by atoms with E-state index in [0.717, 1.165) is 41.9 Å². The minimum Gasteiger partial charge on any atom is -0.375 e. The van der Waals surface area contributed by atoms with Crippen LogP contribution in [0.2, 0.25) is 0 Å². The van der Waals surface area contributed by atoms with Crippen molar-refractivity contribution in [3.05, 3.63) is 52.0 Å². The lowest BCUT2D eigenvalue weighted by Crippen LogP contribution is -2.17. The number of hydrogen-bond donors (Lipinski definition) is 1. The van der Waals surface area contributed by atoms with E-state index in [9.17, 15) is 0 Å². The van der Waals surface area contributed by atoms with Gasteiger partial charge < -0.3 is 10.2 Å².